The summed E-state index contributed by atoms with van der Waals surface area (Å²) in [5, 5.41) is -0.0527. The SMILES string of the molecule is O=C1C2Sc3[nH]c(=O)sc3[C@H](c3ccc(Cl)cc3)C2C(=O)N1c1ccccc1C(F)(F)F. The molecule has 11 heteroatoms. The summed E-state index contributed by atoms with van der Waals surface area (Å²) >= 11 is 7.92. The summed E-state index contributed by atoms with van der Waals surface area (Å²) in [6, 6.07) is 11.2. The lowest BCUT2D eigenvalue weighted by atomic mass is 9.83. The van der Waals surface area contributed by atoms with Gasteiger partial charge in [-0.2, -0.15) is 13.2 Å². The van der Waals surface area contributed by atoms with E-state index in [1.807, 2.05) is 0 Å². The topological polar surface area (TPSA) is 70.2 Å². The van der Waals surface area contributed by atoms with Gasteiger partial charge in [0.05, 0.1) is 22.2 Å². The van der Waals surface area contributed by atoms with E-state index in [1.54, 1.807) is 24.3 Å². The van der Waals surface area contributed by atoms with Crippen molar-refractivity contribution >= 4 is 52.2 Å². The molecule has 5 nitrogen and oxygen atoms in total. The molecule has 2 aliphatic heterocycles. The molecule has 1 N–H and O–H groups in total. The van der Waals surface area contributed by atoms with E-state index in [-0.39, 0.29) is 4.87 Å². The summed E-state index contributed by atoms with van der Waals surface area (Å²) in [6.45, 7) is 0. The second-order valence-corrected chi connectivity index (χ2v) is 9.93. The van der Waals surface area contributed by atoms with E-state index in [0.717, 1.165) is 35.2 Å². The van der Waals surface area contributed by atoms with E-state index in [9.17, 15) is 27.6 Å². The number of imide groups is 1. The van der Waals surface area contributed by atoms with Crippen LogP contribution in [0, 0.1) is 5.92 Å². The number of para-hydroxylation sites is 1. The highest BCUT2D eigenvalue weighted by molar-refractivity contribution is 8.00. The van der Waals surface area contributed by atoms with Crippen LogP contribution in [0.3, 0.4) is 0 Å². The molecule has 2 aromatic carbocycles. The van der Waals surface area contributed by atoms with Crippen LogP contribution >= 0.6 is 34.7 Å². The van der Waals surface area contributed by atoms with Crippen LogP contribution in [0.25, 0.3) is 0 Å². The number of thioether (sulfide) groups is 1. The van der Waals surface area contributed by atoms with Gasteiger partial charge in [-0.15, -0.1) is 0 Å². The minimum atomic E-state index is -4.74. The zero-order valence-electron chi connectivity index (χ0n) is 15.9. The molecular weight excluding hydrogens is 485 g/mol. The number of benzene rings is 2. The number of H-pyrrole nitrogens is 1. The van der Waals surface area contributed by atoms with E-state index in [2.05, 4.69) is 4.98 Å². The van der Waals surface area contributed by atoms with Gasteiger partial charge < -0.3 is 4.98 Å². The van der Waals surface area contributed by atoms with Gasteiger partial charge in [-0.1, -0.05) is 59.0 Å². The lowest BCUT2D eigenvalue weighted by Gasteiger charge is -2.29. The van der Waals surface area contributed by atoms with Gasteiger partial charge in [-0.05, 0) is 29.8 Å². The third-order valence-corrected chi connectivity index (χ3v) is 8.16. The summed E-state index contributed by atoms with van der Waals surface area (Å²) in [5.41, 5.74) is -0.901. The smallest absolute Gasteiger partial charge is 0.307 e. The number of aromatic amines is 1. The van der Waals surface area contributed by atoms with Crippen LogP contribution in [0.2, 0.25) is 5.02 Å². The molecule has 2 aliphatic rings. The largest absolute Gasteiger partial charge is 0.418 e. The Balaban J connectivity index is 1.66. The Morgan fingerprint density at radius 2 is 1.66 bits per heavy atom. The van der Waals surface area contributed by atoms with Crippen molar-refractivity contribution in [3.63, 3.8) is 0 Å². The van der Waals surface area contributed by atoms with Gasteiger partial charge in [0.15, 0.2) is 0 Å². The molecule has 164 valence electrons. The molecule has 1 saturated heterocycles. The molecule has 1 fully saturated rings. The van der Waals surface area contributed by atoms with E-state index in [0.29, 0.717) is 25.4 Å². The highest BCUT2D eigenvalue weighted by Gasteiger charge is 2.57. The summed E-state index contributed by atoms with van der Waals surface area (Å²) < 4.78 is 40.8. The number of fused-ring (bicyclic) bond motifs is 2. The monoisotopic (exact) mass is 496 g/mol. The van der Waals surface area contributed by atoms with Crippen LogP contribution in [-0.4, -0.2) is 22.0 Å². The fourth-order valence-corrected chi connectivity index (χ4v) is 6.83. The molecule has 3 aromatic rings. The maximum Gasteiger partial charge on any atom is 0.418 e. The predicted octanol–water partition coefficient (Wildman–Crippen LogP) is 4.90. The number of hydrogen-bond acceptors (Lipinski definition) is 5. The molecular formula is C21H12ClF3N2O3S2. The summed E-state index contributed by atoms with van der Waals surface area (Å²) in [5.74, 6) is -3.10. The number of anilines is 1. The fraction of sp³-hybridized carbons (Fsp3) is 0.190. The van der Waals surface area contributed by atoms with E-state index >= 15 is 0 Å². The fourth-order valence-electron chi connectivity index (χ4n) is 4.19. The quantitative estimate of drug-likeness (QED) is 0.512. The number of aromatic nitrogens is 1. The van der Waals surface area contributed by atoms with Crippen LogP contribution in [0.1, 0.15) is 21.9 Å². The molecule has 1 aromatic heterocycles. The first-order chi connectivity index (χ1) is 15.2. The minimum absolute atomic E-state index is 0.333. The van der Waals surface area contributed by atoms with Crippen molar-refractivity contribution in [2.75, 3.05) is 4.90 Å². The number of nitrogens with one attached hydrogen (secondary N) is 1. The lowest BCUT2D eigenvalue weighted by Crippen LogP contribution is -2.33. The van der Waals surface area contributed by atoms with Crippen molar-refractivity contribution < 1.29 is 22.8 Å². The molecule has 32 heavy (non-hydrogen) atoms. The normalized spacial score (nSPS) is 22.8. The maximum atomic E-state index is 13.6. The Kier molecular flexibility index (Phi) is 4.99. The van der Waals surface area contributed by atoms with E-state index in [4.69, 9.17) is 11.6 Å². The molecule has 5 rings (SSSR count). The average Bonchev–Trinajstić information content (AvgIpc) is 3.23. The number of amides is 2. The number of alkyl halides is 3. The van der Waals surface area contributed by atoms with E-state index in [1.165, 1.54) is 12.1 Å². The maximum absolute atomic E-state index is 13.6. The van der Waals surface area contributed by atoms with Crippen LogP contribution in [0.4, 0.5) is 18.9 Å². The van der Waals surface area contributed by atoms with Crippen molar-refractivity contribution in [3.8, 4) is 0 Å². The average molecular weight is 497 g/mol. The second-order valence-electron chi connectivity index (χ2n) is 7.33. The number of thiazole rings is 1. The third kappa shape index (κ3) is 3.28. The van der Waals surface area contributed by atoms with Gasteiger partial charge in [0, 0.05) is 15.8 Å². The molecule has 0 spiro atoms. The Hall–Kier alpha value is -2.56. The van der Waals surface area contributed by atoms with Crippen molar-refractivity contribution in [2.24, 2.45) is 5.92 Å². The molecule has 0 radical (unpaired) electrons. The van der Waals surface area contributed by atoms with Gasteiger partial charge in [-0.3, -0.25) is 14.4 Å². The number of halogens is 4. The highest BCUT2D eigenvalue weighted by atomic mass is 35.5. The molecule has 0 bridgehead atoms. The van der Waals surface area contributed by atoms with Crippen molar-refractivity contribution in [3.05, 3.63) is 79.2 Å². The lowest BCUT2D eigenvalue weighted by molar-refractivity contribution is -0.137. The van der Waals surface area contributed by atoms with Gasteiger partial charge >= 0.3 is 11.0 Å². The second kappa shape index (κ2) is 7.50. The third-order valence-electron chi connectivity index (χ3n) is 5.50. The first kappa shape index (κ1) is 21.3. The molecule has 3 atom stereocenters. The Morgan fingerprint density at radius 3 is 2.34 bits per heavy atom. The zero-order chi connectivity index (χ0) is 22.8. The molecule has 3 heterocycles. The van der Waals surface area contributed by atoms with Crippen molar-refractivity contribution in [2.45, 2.75) is 22.4 Å². The minimum Gasteiger partial charge on any atom is -0.307 e. The summed E-state index contributed by atoms with van der Waals surface area (Å²) in [6.07, 6.45) is -4.74. The highest BCUT2D eigenvalue weighted by Crippen LogP contribution is 2.53. The molecule has 0 saturated carbocycles. The van der Waals surface area contributed by atoms with Gasteiger partial charge in [0.1, 0.15) is 5.25 Å². The van der Waals surface area contributed by atoms with Gasteiger partial charge in [-0.25, -0.2) is 4.90 Å². The number of carbonyl (C=O) groups excluding carboxylic acids is 2. The predicted molar refractivity (Wildman–Crippen MR) is 115 cm³/mol. The summed E-state index contributed by atoms with van der Waals surface area (Å²) in [7, 11) is 0. The van der Waals surface area contributed by atoms with E-state index < -0.39 is 46.3 Å². The summed E-state index contributed by atoms with van der Waals surface area (Å²) in [4.78, 5) is 42.4. The number of rotatable bonds is 2. The van der Waals surface area contributed by atoms with Gasteiger partial charge in [0.2, 0.25) is 11.8 Å². The zero-order valence-corrected chi connectivity index (χ0v) is 18.2. The van der Waals surface area contributed by atoms with Crippen molar-refractivity contribution in [1.29, 1.82) is 0 Å². The number of carbonyl (C=O) groups is 2. The molecule has 2 amide bonds. The van der Waals surface area contributed by atoms with Crippen LogP contribution in [-0.2, 0) is 15.8 Å². The van der Waals surface area contributed by atoms with Crippen LogP contribution in [0.5, 0.6) is 0 Å². The van der Waals surface area contributed by atoms with Gasteiger partial charge in [0.25, 0.3) is 0 Å². The van der Waals surface area contributed by atoms with Crippen molar-refractivity contribution in [1.82, 2.24) is 4.98 Å². The molecule has 2 unspecified atom stereocenters. The Bertz CT molecular complexity index is 1300. The Morgan fingerprint density at radius 1 is 0.969 bits per heavy atom. The first-order valence-electron chi connectivity index (χ1n) is 9.36. The number of nitrogens with zero attached hydrogens (tertiary/aromatic N) is 1. The van der Waals surface area contributed by atoms with Crippen LogP contribution in [0.15, 0.2) is 58.4 Å². The molecule has 0 aliphatic carbocycles. The standard InChI is InChI=1S/C21H12ClF3N2O3S2/c22-10-7-5-9(6-8-10)13-14-16(31-17-15(13)32-20(30)26-17)19(29)27(18(14)28)12-4-2-1-3-11(12)21(23,24)25/h1-8,13-14,16H,(H,26,30)/t13-,14?,16?/m1/s1. The van der Waals surface area contributed by atoms with Crippen LogP contribution < -0.4 is 9.77 Å². The number of hydrogen-bond donors (Lipinski definition) is 1. The Labute approximate surface area is 192 Å². The first-order valence-corrected chi connectivity index (χ1v) is 11.4.